The summed E-state index contributed by atoms with van der Waals surface area (Å²) in [5.41, 5.74) is -1.27. The van der Waals surface area contributed by atoms with E-state index in [1.807, 2.05) is 6.92 Å². The van der Waals surface area contributed by atoms with Crippen molar-refractivity contribution < 1.29 is 30.7 Å². The summed E-state index contributed by atoms with van der Waals surface area (Å²) in [6.07, 6.45) is -4.81. The van der Waals surface area contributed by atoms with Crippen molar-refractivity contribution >= 4 is 11.8 Å². The number of alkyl halides is 7. The summed E-state index contributed by atoms with van der Waals surface area (Å²) >= 11 is 1.18. The van der Waals surface area contributed by atoms with Crippen LogP contribution in [0.4, 0.5) is 30.7 Å². The van der Waals surface area contributed by atoms with Crippen LogP contribution >= 0.6 is 11.8 Å². The quantitative estimate of drug-likeness (QED) is 0.381. The van der Waals surface area contributed by atoms with Gasteiger partial charge in [0.15, 0.2) is 0 Å². The highest BCUT2D eigenvalue weighted by atomic mass is 32.2. The van der Waals surface area contributed by atoms with Gasteiger partial charge in [-0.2, -0.15) is 42.5 Å². The second-order valence-electron chi connectivity index (χ2n) is 3.61. The van der Waals surface area contributed by atoms with E-state index in [9.17, 15) is 30.7 Å². The fraction of sp³-hybridized carbons (Fsp3) is 0.800. The van der Waals surface area contributed by atoms with E-state index in [-0.39, 0.29) is 5.75 Å². The van der Waals surface area contributed by atoms with E-state index in [4.69, 9.17) is 0 Å². The molecular weight excluding hydrogens is 285 g/mol. The Morgan fingerprint density at radius 3 is 1.94 bits per heavy atom. The molecule has 0 aliphatic heterocycles. The number of hydrogen-bond acceptors (Lipinski definition) is 1. The molecule has 0 N–H and O–H groups in total. The van der Waals surface area contributed by atoms with Crippen molar-refractivity contribution in [2.45, 2.75) is 38.3 Å². The molecule has 0 aromatic carbocycles. The van der Waals surface area contributed by atoms with E-state index < -0.39 is 23.6 Å². The van der Waals surface area contributed by atoms with Crippen molar-refractivity contribution in [2.75, 3.05) is 11.5 Å². The molecule has 0 radical (unpaired) electrons. The predicted molar refractivity (Wildman–Crippen MR) is 57.3 cm³/mol. The van der Waals surface area contributed by atoms with Gasteiger partial charge in [0.1, 0.15) is 0 Å². The molecule has 0 aromatic heterocycles. The first-order valence-corrected chi connectivity index (χ1v) is 6.21. The van der Waals surface area contributed by atoms with Crippen LogP contribution in [0.5, 0.6) is 0 Å². The lowest BCUT2D eigenvalue weighted by molar-refractivity contribution is -0.344. The lowest BCUT2D eigenvalue weighted by atomic mass is 10.0. The van der Waals surface area contributed by atoms with Gasteiger partial charge >= 0.3 is 18.0 Å². The maximum absolute atomic E-state index is 13.1. The first kappa shape index (κ1) is 17.6. The van der Waals surface area contributed by atoms with Gasteiger partial charge in [-0.3, -0.25) is 0 Å². The van der Waals surface area contributed by atoms with E-state index in [0.29, 0.717) is 18.8 Å². The van der Waals surface area contributed by atoms with Crippen molar-refractivity contribution in [1.82, 2.24) is 0 Å². The smallest absolute Gasteiger partial charge is 0.194 e. The van der Waals surface area contributed by atoms with Crippen LogP contribution in [0.3, 0.4) is 0 Å². The molecule has 0 spiro atoms. The average Bonchev–Trinajstić information content (AvgIpc) is 2.22. The van der Waals surface area contributed by atoms with E-state index in [1.165, 1.54) is 11.8 Å². The molecule has 0 amide bonds. The number of hydrogen-bond donors (Lipinski definition) is 0. The number of halogens is 7. The number of allylic oxidation sites excluding steroid dienone is 1. The molecule has 0 saturated carbocycles. The third-order valence-corrected chi connectivity index (χ3v) is 3.20. The summed E-state index contributed by atoms with van der Waals surface area (Å²) in [7, 11) is 0. The van der Waals surface area contributed by atoms with Crippen molar-refractivity contribution in [3.63, 3.8) is 0 Å². The van der Waals surface area contributed by atoms with E-state index in [0.717, 1.165) is 6.42 Å². The molecule has 0 rings (SSSR count). The molecule has 0 bridgehead atoms. The number of rotatable bonds is 6. The Balaban J connectivity index is 4.91. The third-order valence-electron chi connectivity index (χ3n) is 2.10. The molecule has 0 nitrogen and oxygen atoms in total. The van der Waals surface area contributed by atoms with Gasteiger partial charge in [-0.05, 0) is 24.7 Å². The highest BCUT2D eigenvalue weighted by molar-refractivity contribution is 7.99. The van der Waals surface area contributed by atoms with Crippen molar-refractivity contribution in [3.05, 3.63) is 11.6 Å². The molecule has 8 heteroatoms. The maximum Gasteiger partial charge on any atom is 0.460 e. The minimum Gasteiger partial charge on any atom is -0.194 e. The summed E-state index contributed by atoms with van der Waals surface area (Å²) in [5, 5.41) is 0. The second-order valence-corrected chi connectivity index (χ2v) is 4.76. The van der Waals surface area contributed by atoms with Gasteiger partial charge in [-0.1, -0.05) is 13.0 Å². The lowest BCUT2D eigenvalue weighted by Crippen LogP contribution is -2.52. The topological polar surface area (TPSA) is 0 Å². The summed E-state index contributed by atoms with van der Waals surface area (Å²) in [5.74, 6) is -10.7. The van der Waals surface area contributed by atoms with Crippen LogP contribution < -0.4 is 0 Å². The maximum atomic E-state index is 13.1. The van der Waals surface area contributed by atoms with Crippen LogP contribution in [0.2, 0.25) is 0 Å². The first-order chi connectivity index (χ1) is 7.98. The Kier molecular flexibility index (Phi) is 6.03. The SMILES string of the molecule is CCCSCC=C(C)C(F)(F)C(F)(F)C(F)(F)F. The Morgan fingerprint density at radius 1 is 1.06 bits per heavy atom. The molecular formula is C10H13F7S. The van der Waals surface area contributed by atoms with E-state index in [2.05, 4.69) is 0 Å². The molecule has 0 aliphatic carbocycles. The molecule has 0 unspecified atom stereocenters. The Morgan fingerprint density at radius 2 is 1.56 bits per heavy atom. The number of thioether (sulfide) groups is 1. The largest absolute Gasteiger partial charge is 0.460 e. The van der Waals surface area contributed by atoms with Crippen LogP contribution in [-0.2, 0) is 0 Å². The summed E-state index contributed by atoms with van der Waals surface area (Å²) < 4.78 is 86.9. The predicted octanol–water partition coefficient (Wildman–Crippen LogP) is 4.91. The van der Waals surface area contributed by atoms with Gasteiger partial charge in [0.05, 0.1) is 0 Å². The normalized spacial score (nSPS) is 15.1. The lowest BCUT2D eigenvalue weighted by Gasteiger charge is -2.28. The molecule has 0 aliphatic rings. The minimum absolute atomic E-state index is 0.0246. The van der Waals surface area contributed by atoms with Gasteiger partial charge < -0.3 is 0 Å². The first-order valence-electron chi connectivity index (χ1n) is 5.05. The van der Waals surface area contributed by atoms with Gasteiger partial charge in [0, 0.05) is 5.75 Å². The fourth-order valence-corrected chi connectivity index (χ4v) is 1.79. The molecule has 108 valence electrons. The fourth-order valence-electron chi connectivity index (χ4n) is 0.965. The van der Waals surface area contributed by atoms with Crippen LogP contribution in [-0.4, -0.2) is 29.5 Å². The minimum atomic E-state index is -6.28. The Bertz CT molecular complexity index is 293. The van der Waals surface area contributed by atoms with Gasteiger partial charge in [-0.15, -0.1) is 0 Å². The van der Waals surface area contributed by atoms with Crippen molar-refractivity contribution in [3.8, 4) is 0 Å². The highest BCUT2D eigenvalue weighted by Crippen LogP contribution is 2.49. The summed E-state index contributed by atoms with van der Waals surface area (Å²) in [6, 6.07) is 0. The zero-order valence-corrected chi connectivity index (χ0v) is 10.6. The zero-order valence-electron chi connectivity index (χ0n) is 9.75. The molecule has 0 atom stereocenters. The Labute approximate surface area is 105 Å². The summed E-state index contributed by atoms with van der Waals surface area (Å²) in [4.78, 5) is 0. The molecule has 0 saturated heterocycles. The van der Waals surface area contributed by atoms with Gasteiger partial charge in [0.2, 0.25) is 0 Å². The molecule has 0 fully saturated rings. The van der Waals surface area contributed by atoms with E-state index in [1.54, 1.807) is 0 Å². The standard InChI is InChI=1S/C10H13F7S/c1-3-5-18-6-4-7(2)8(11,12)9(13,14)10(15,16)17/h4H,3,5-6H2,1-2H3. The highest BCUT2D eigenvalue weighted by Gasteiger charge is 2.73. The Hall–Kier alpha value is -0.400. The van der Waals surface area contributed by atoms with Crippen LogP contribution in [0, 0.1) is 0 Å². The monoisotopic (exact) mass is 298 g/mol. The summed E-state index contributed by atoms with van der Waals surface area (Å²) in [6.45, 7) is 2.40. The zero-order chi connectivity index (χ0) is 14.6. The molecule has 0 heterocycles. The molecule has 18 heavy (non-hydrogen) atoms. The van der Waals surface area contributed by atoms with Gasteiger partial charge in [0.25, 0.3) is 0 Å². The van der Waals surface area contributed by atoms with Crippen molar-refractivity contribution in [2.24, 2.45) is 0 Å². The second kappa shape index (κ2) is 6.16. The van der Waals surface area contributed by atoms with Crippen molar-refractivity contribution in [1.29, 1.82) is 0 Å². The van der Waals surface area contributed by atoms with E-state index >= 15 is 0 Å². The van der Waals surface area contributed by atoms with Gasteiger partial charge in [-0.25, -0.2) is 0 Å². The molecule has 0 aromatic rings. The average molecular weight is 298 g/mol. The van der Waals surface area contributed by atoms with Crippen LogP contribution in [0.25, 0.3) is 0 Å². The van der Waals surface area contributed by atoms with Crippen LogP contribution in [0.1, 0.15) is 20.3 Å². The van der Waals surface area contributed by atoms with Crippen LogP contribution in [0.15, 0.2) is 11.6 Å². The third kappa shape index (κ3) is 3.80.